The van der Waals surface area contributed by atoms with Gasteiger partial charge in [0.2, 0.25) is 0 Å². The van der Waals surface area contributed by atoms with Crippen LogP contribution in [0.25, 0.3) is 0 Å². The number of urea groups is 1. The van der Waals surface area contributed by atoms with E-state index in [-0.39, 0.29) is 24.8 Å². The summed E-state index contributed by atoms with van der Waals surface area (Å²) in [6.45, 7) is 1.55. The fourth-order valence-electron chi connectivity index (χ4n) is 3.12. The summed E-state index contributed by atoms with van der Waals surface area (Å²) in [5.74, 6) is -1.28. The highest BCUT2D eigenvalue weighted by Gasteiger charge is 2.35. The zero-order valence-corrected chi connectivity index (χ0v) is 12.2. The summed E-state index contributed by atoms with van der Waals surface area (Å²) in [6, 6.07) is -0.424. The Labute approximate surface area is 124 Å². The van der Waals surface area contributed by atoms with Crippen LogP contribution in [0.3, 0.4) is 0 Å². The van der Waals surface area contributed by atoms with Gasteiger partial charge in [0.05, 0.1) is 25.2 Å². The van der Waals surface area contributed by atoms with Gasteiger partial charge in [-0.25, -0.2) is 4.79 Å². The maximum absolute atomic E-state index is 12.2. The van der Waals surface area contributed by atoms with Gasteiger partial charge in [-0.2, -0.15) is 0 Å². The molecule has 0 spiro atoms. The van der Waals surface area contributed by atoms with Crippen molar-refractivity contribution in [1.82, 2.24) is 10.2 Å². The first kappa shape index (κ1) is 16.0. The SMILES string of the molecule is O=C(O)C1CCCC1NC(=O)N1CCC(OCCO)CC1. The number of carboxylic acid groups (broad SMARTS) is 1. The van der Waals surface area contributed by atoms with E-state index in [1.54, 1.807) is 4.90 Å². The van der Waals surface area contributed by atoms with Gasteiger partial charge >= 0.3 is 12.0 Å². The average Bonchev–Trinajstić information content (AvgIpc) is 2.94. The molecule has 0 aromatic carbocycles. The maximum Gasteiger partial charge on any atom is 0.317 e. The predicted molar refractivity (Wildman–Crippen MR) is 74.9 cm³/mol. The van der Waals surface area contributed by atoms with Gasteiger partial charge in [0.25, 0.3) is 0 Å². The summed E-state index contributed by atoms with van der Waals surface area (Å²) >= 11 is 0. The van der Waals surface area contributed by atoms with Gasteiger partial charge in [0.15, 0.2) is 0 Å². The minimum Gasteiger partial charge on any atom is -0.481 e. The number of nitrogens with one attached hydrogen (secondary N) is 1. The molecule has 1 saturated carbocycles. The zero-order chi connectivity index (χ0) is 15.2. The Kier molecular flexibility index (Phi) is 5.81. The van der Waals surface area contributed by atoms with Crippen molar-refractivity contribution in [3.63, 3.8) is 0 Å². The van der Waals surface area contributed by atoms with E-state index >= 15 is 0 Å². The lowest BCUT2D eigenvalue weighted by Crippen LogP contribution is -2.50. The second-order valence-corrected chi connectivity index (χ2v) is 5.71. The largest absolute Gasteiger partial charge is 0.481 e. The van der Waals surface area contributed by atoms with E-state index in [0.29, 0.717) is 26.1 Å². The molecule has 0 bridgehead atoms. The third-order valence-electron chi connectivity index (χ3n) is 4.32. The van der Waals surface area contributed by atoms with E-state index in [4.69, 9.17) is 14.9 Å². The normalized spacial score (nSPS) is 26.8. The Hall–Kier alpha value is -1.34. The molecular formula is C14H24N2O5. The quantitative estimate of drug-likeness (QED) is 0.683. The summed E-state index contributed by atoms with van der Waals surface area (Å²) in [6.07, 6.45) is 3.81. The molecule has 3 N–H and O–H groups in total. The standard InChI is InChI=1S/C14H24N2O5/c17-8-9-21-10-4-6-16(7-5-10)14(20)15-12-3-1-2-11(12)13(18)19/h10-12,17H,1-9H2,(H,15,20)(H,18,19). The molecule has 0 aromatic rings. The summed E-state index contributed by atoms with van der Waals surface area (Å²) in [7, 11) is 0. The first-order valence-electron chi connectivity index (χ1n) is 7.62. The van der Waals surface area contributed by atoms with Crippen LogP contribution < -0.4 is 5.32 Å². The highest BCUT2D eigenvalue weighted by Crippen LogP contribution is 2.26. The number of hydrogen-bond donors (Lipinski definition) is 3. The number of likely N-dealkylation sites (tertiary alicyclic amines) is 1. The van der Waals surface area contributed by atoms with Gasteiger partial charge < -0.3 is 25.2 Å². The minimum absolute atomic E-state index is 0.0129. The molecule has 1 heterocycles. The third kappa shape index (κ3) is 4.31. The number of nitrogens with zero attached hydrogens (tertiary/aromatic N) is 1. The number of hydrogen-bond acceptors (Lipinski definition) is 4. The van der Waals surface area contributed by atoms with Crippen LogP contribution in [-0.2, 0) is 9.53 Å². The van der Waals surface area contributed by atoms with Crippen molar-refractivity contribution in [3.8, 4) is 0 Å². The summed E-state index contributed by atoms with van der Waals surface area (Å²) in [5, 5.41) is 20.7. The monoisotopic (exact) mass is 300 g/mol. The lowest BCUT2D eigenvalue weighted by Gasteiger charge is -2.33. The molecule has 21 heavy (non-hydrogen) atoms. The zero-order valence-electron chi connectivity index (χ0n) is 12.2. The van der Waals surface area contributed by atoms with Gasteiger partial charge in [0, 0.05) is 19.1 Å². The Bertz CT molecular complexity index is 368. The van der Waals surface area contributed by atoms with E-state index < -0.39 is 11.9 Å². The van der Waals surface area contributed by atoms with E-state index in [2.05, 4.69) is 5.32 Å². The molecule has 0 radical (unpaired) electrons. The molecule has 2 amide bonds. The van der Waals surface area contributed by atoms with Crippen molar-refractivity contribution < 1.29 is 24.5 Å². The molecule has 2 fully saturated rings. The molecule has 2 aliphatic rings. The second-order valence-electron chi connectivity index (χ2n) is 5.71. The third-order valence-corrected chi connectivity index (χ3v) is 4.32. The number of ether oxygens (including phenoxy) is 1. The van der Waals surface area contributed by atoms with Gasteiger partial charge in [-0.05, 0) is 25.7 Å². The number of carbonyl (C=O) groups excluding carboxylic acids is 1. The molecule has 7 nitrogen and oxygen atoms in total. The van der Waals surface area contributed by atoms with Crippen LogP contribution in [0.5, 0.6) is 0 Å². The van der Waals surface area contributed by atoms with E-state index in [9.17, 15) is 9.59 Å². The average molecular weight is 300 g/mol. The van der Waals surface area contributed by atoms with Crippen LogP contribution in [0.2, 0.25) is 0 Å². The molecule has 2 unspecified atom stereocenters. The van der Waals surface area contributed by atoms with Crippen molar-refractivity contribution in [2.75, 3.05) is 26.3 Å². The van der Waals surface area contributed by atoms with Crippen molar-refractivity contribution in [2.45, 2.75) is 44.2 Å². The molecule has 2 atom stereocenters. The van der Waals surface area contributed by atoms with Crippen LogP contribution >= 0.6 is 0 Å². The van der Waals surface area contributed by atoms with Crippen LogP contribution in [0.15, 0.2) is 0 Å². The number of piperidine rings is 1. The Morgan fingerprint density at radius 1 is 1.19 bits per heavy atom. The summed E-state index contributed by atoms with van der Waals surface area (Å²) in [5.41, 5.74) is 0. The van der Waals surface area contributed by atoms with Crippen molar-refractivity contribution >= 4 is 12.0 Å². The number of aliphatic hydroxyl groups excluding tert-OH is 1. The Morgan fingerprint density at radius 3 is 2.52 bits per heavy atom. The van der Waals surface area contributed by atoms with Gasteiger partial charge in [-0.1, -0.05) is 6.42 Å². The van der Waals surface area contributed by atoms with Gasteiger partial charge in [-0.3, -0.25) is 4.79 Å². The van der Waals surface area contributed by atoms with Crippen molar-refractivity contribution in [3.05, 3.63) is 0 Å². The Morgan fingerprint density at radius 2 is 1.90 bits per heavy atom. The number of amides is 2. The molecule has 0 aromatic heterocycles. The number of carboxylic acids is 1. The number of rotatable bonds is 5. The van der Waals surface area contributed by atoms with Gasteiger partial charge in [0.1, 0.15) is 0 Å². The van der Waals surface area contributed by atoms with E-state index in [1.807, 2.05) is 0 Å². The van der Waals surface area contributed by atoms with Gasteiger partial charge in [-0.15, -0.1) is 0 Å². The first-order chi connectivity index (χ1) is 10.1. The number of aliphatic carboxylic acids is 1. The molecule has 2 rings (SSSR count). The van der Waals surface area contributed by atoms with Crippen LogP contribution in [0.1, 0.15) is 32.1 Å². The van der Waals surface area contributed by atoms with E-state index in [1.165, 1.54) is 0 Å². The van der Waals surface area contributed by atoms with Crippen molar-refractivity contribution in [1.29, 1.82) is 0 Å². The number of aliphatic hydroxyl groups is 1. The van der Waals surface area contributed by atoms with E-state index in [0.717, 1.165) is 25.7 Å². The Balaban J connectivity index is 1.76. The highest BCUT2D eigenvalue weighted by atomic mass is 16.5. The smallest absolute Gasteiger partial charge is 0.317 e. The second kappa shape index (κ2) is 7.61. The minimum atomic E-state index is -0.825. The van der Waals surface area contributed by atoms with Crippen molar-refractivity contribution in [2.24, 2.45) is 5.92 Å². The van der Waals surface area contributed by atoms with Crippen LogP contribution in [-0.4, -0.2) is 65.6 Å². The lowest BCUT2D eigenvalue weighted by molar-refractivity contribution is -0.142. The molecular weight excluding hydrogens is 276 g/mol. The fraction of sp³-hybridized carbons (Fsp3) is 0.857. The predicted octanol–water partition coefficient (Wildman–Crippen LogP) is 0.423. The molecule has 1 aliphatic heterocycles. The number of carbonyl (C=O) groups is 2. The molecule has 1 saturated heterocycles. The lowest BCUT2D eigenvalue weighted by atomic mass is 10.0. The van der Waals surface area contributed by atoms with Crippen LogP contribution in [0, 0.1) is 5.92 Å². The molecule has 120 valence electrons. The fourth-order valence-corrected chi connectivity index (χ4v) is 3.12. The maximum atomic E-state index is 12.2. The molecule has 1 aliphatic carbocycles. The topological polar surface area (TPSA) is 99.1 Å². The summed E-state index contributed by atoms with van der Waals surface area (Å²) in [4.78, 5) is 25.0. The van der Waals surface area contributed by atoms with Crippen LogP contribution in [0.4, 0.5) is 4.79 Å². The first-order valence-corrected chi connectivity index (χ1v) is 7.62. The molecule has 7 heteroatoms. The highest BCUT2D eigenvalue weighted by molar-refractivity contribution is 5.77. The summed E-state index contributed by atoms with van der Waals surface area (Å²) < 4.78 is 5.46.